The maximum Gasteiger partial charge on any atom is 0.0649 e. The van der Waals surface area contributed by atoms with E-state index in [1.807, 2.05) is 0 Å². The van der Waals surface area contributed by atoms with E-state index in [0.717, 1.165) is 19.3 Å². The van der Waals surface area contributed by atoms with Crippen molar-refractivity contribution in [3.05, 3.63) is 70.3 Å². The molecule has 0 saturated heterocycles. The van der Waals surface area contributed by atoms with Crippen molar-refractivity contribution < 1.29 is 5.11 Å². The van der Waals surface area contributed by atoms with Crippen molar-refractivity contribution >= 4 is 0 Å². The van der Waals surface area contributed by atoms with E-state index < -0.39 is 0 Å². The van der Waals surface area contributed by atoms with Gasteiger partial charge in [-0.1, -0.05) is 48.0 Å². The molecule has 1 aliphatic carbocycles. The topological polar surface area (TPSA) is 20.2 Å². The second-order valence-electron chi connectivity index (χ2n) is 6.05. The lowest BCUT2D eigenvalue weighted by Crippen LogP contribution is -2.19. The Bertz CT molecular complexity index is 615. The molecule has 0 radical (unpaired) electrons. The Balaban J connectivity index is 1.81. The van der Waals surface area contributed by atoms with Crippen molar-refractivity contribution in [2.75, 3.05) is 0 Å². The van der Waals surface area contributed by atoms with Crippen molar-refractivity contribution in [1.82, 2.24) is 0 Å². The largest absolute Gasteiger partial charge is 0.392 e. The molecule has 2 unspecified atom stereocenters. The Labute approximate surface area is 121 Å². The minimum absolute atomic E-state index is 0.279. The number of benzene rings is 2. The lowest BCUT2D eigenvalue weighted by atomic mass is 9.89. The molecule has 0 fully saturated rings. The van der Waals surface area contributed by atoms with Crippen molar-refractivity contribution in [3.8, 4) is 0 Å². The van der Waals surface area contributed by atoms with Gasteiger partial charge in [0.25, 0.3) is 0 Å². The molecule has 0 spiro atoms. The first-order valence-electron chi connectivity index (χ1n) is 7.47. The third kappa shape index (κ3) is 2.51. The average molecular weight is 266 g/mol. The normalized spacial score (nSPS) is 18.9. The zero-order chi connectivity index (χ0) is 14.1. The maximum atomic E-state index is 10.7. The van der Waals surface area contributed by atoms with E-state index in [1.54, 1.807) is 0 Å². The minimum atomic E-state index is -0.279. The van der Waals surface area contributed by atoms with Gasteiger partial charge >= 0.3 is 0 Å². The molecule has 1 N–H and O–H groups in total. The minimum Gasteiger partial charge on any atom is -0.392 e. The molecule has 104 valence electrons. The number of aryl methyl sites for hydroxylation is 3. The maximum absolute atomic E-state index is 10.7. The summed E-state index contributed by atoms with van der Waals surface area (Å²) in [5.74, 6) is 0.297. The fourth-order valence-electron chi connectivity index (χ4n) is 3.38. The van der Waals surface area contributed by atoms with Crippen LogP contribution < -0.4 is 0 Å². The summed E-state index contributed by atoms with van der Waals surface area (Å²) in [6.07, 6.45) is 2.65. The van der Waals surface area contributed by atoms with Gasteiger partial charge in [-0.3, -0.25) is 0 Å². The molecule has 1 heteroatoms. The fraction of sp³-hybridized carbons (Fsp3) is 0.368. The molecule has 1 nitrogen and oxygen atoms in total. The zero-order valence-electron chi connectivity index (χ0n) is 12.3. The van der Waals surface area contributed by atoms with Crippen LogP contribution in [0, 0.1) is 13.8 Å². The SMILES string of the molecule is Cc1ccc(C)c(CC(O)C2CCc3ccccc32)c1. The number of aliphatic hydroxyl groups is 1. The Hall–Kier alpha value is -1.60. The van der Waals surface area contributed by atoms with Crippen molar-refractivity contribution in [3.63, 3.8) is 0 Å². The first kappa shape index (κ1) is 13.4. The summed E-state index contributed by atoms with van der Waals surface area (Å²) in [7, 11) is 0. The summed E-state index contributed by atoms with van der Waals surface area (Å²) in [6.45, 7) is 4.24. The molecular formula is C19H22O. The molecule has 0 amide bonds. The predicted octanol–water partition coefficient (Wildman–Crippen LogP) is 3.94. The summed E-state index contributed by atoms with van der Waals surface area (Å²) in [6, 6.07) is 15.1. The van der Waals surface area contributed by atoms with Gasteiger partial charge in [-0.15, -0.1) is 0 Å². The van der Waals surface area contributed by atoms with E-state index in [0.29, 0.717) is 5.92 Å². The molecule has 0 aliphatic heterocycles. The van der Waals surface area contributed by atoms with Gasteiger partial charge in [-0.05, 0) is 55.4 Å². The van der Waals surface area contributed by atoms with Crippen molar-refractivity contribution in [2.45, 2.75) is 45.1 Å². The highest BCUT2D eigenvalue weighted by Crippen LogP contribution is 2.36. The van der Waals surface area contributed by atoms with E-state index in [4.69, 9.17) is 0 Å². The first-order chi connectivity index (χ1) is 9.65. The molecule has 0 aromatic heterocycles. The van der Waals surface area contributed by atoms with Gasteiger partial charge in [-0.25, -0.2) is 0 Å². The number of aliphatic hydroxyl groups excluding tert-OH is 1. The molecule has 1 aliphatic rings. The Morgan fingerprint density at radius 2 is 1.95 bits per heavy atom. The van der Waals surface area contributed by atoms with Gasteiger partial charge in [0.2, 0.25) is 0 Å². The highest BCUT2D eigenvalue weighted by molar-refractivity contribution is 5.37. The van der Waals surface area contributed by atoms with Crippen LogP contribution in [-0.2, 0) is 12.8 Å². The molecule has 20 heavy (non-hydrogen) atoms. The summed E-state index contributed by atoms with van der Waals surface area (Å²) in [5.41, 5.74) is 6.59. The summed E-state index contributed by atoms with van der Waals surface area (Å²) in [5, 5.41) is 10.7. The number of rotatable bonds is 3. The zero-order valence-corrected chi connectivity index (χ0v) is 12.3. The van der Waals surface area contributed by atoms with Crippen LogP contribution in [0.2, 0.25) is 0 Å². The number of fused-ring (bicyclic) bond motifs is 1. The second-order valence-corrected chi connectivity index (χ2v) is 6.05. The van der Waals surface area contributed by atoms with Crippen LogP contribution in [0.25, 0.3) is 0 Å². The molecule has 2 aromatic rings. The summed E-state index contributed by atoms with van der Waals surface area (Å²) < 4.78 is 0. The van der Waals surface area contributed by atoms with E-state index >= 15 is 0 Å². The van der Waals surface area contributed by atoms with Crippen molar-refractivity contribution in [2.24, 2.45) is 0 Å². The van der Waals surface area contributed by atoms with Gasteiger partial charge in [0.05, 0.1) is 6.10 Å². The van der Waals surface area contributed by atoms with Crippen LogP contribution in [0.5, 0.6) is 0 Å². The molecule has 0 heterocycles. The second kappa shape index (κ2) is 5.41. The highest BCUT2D eigenvalue weighted by Gasteiger charge is 2.28. The van der Waals surface area contributed by atoms with E-state index in [1.165, 1.54) is 27.8 Å². The van der Waals surface area contributed by atoms with Crippen LogP contribution >= 0.6 is 0 Å². The molecule has 2 atom stereocenters. The van der Waals surface area contributed by atoms with Gasteiger partial charge in [0.1, 0.15) is 0 Å². The Kier molecular flexibility index (Phi) is 3.62. The van der Waals surface area contributed by atoms with Gasteiger partial charge in [0, 0.05) is 5.92 Å². The third-order valence-electron chi connectivity index (χ3n) is 4.58. The smallest absolute Gasteiger partial charge is 0.0649 e. The van der Waals surface area contributed by atoms with Crippen LogP contribution in [0.1, 0.15) is 40.2 Å². The molecule has 0 bridgehead atoms. The summed E-state index contributed by atoms with van der Waals surface area (Å²) in [4.78, 5) is 0. The van der Waals surface area contributed by atoms with E-state index in [2.05, 4.69) is 56.3 Å². The quantitative estimate of drug-likeness (QED) is 0.892. The monoisotopic (exact) mass is 266 g/mol. The molecule has 3 rings (SSSR count). The van der Waals surface area contributed by atoms with E-state index in [9.17, 15) is 5.11 Å². The predicted molar refractivity (Wildman–Crippen MR) is 83.1 cm³/mol. The van der Waals surface area contributed by atoms with Gasteiger partial charge in [-0.2, -0.15) is 0 Å². The molecule has 2 aromatic carbocycles. The van der Waals surface area contributed by atoms with Crippen LogP contribution in [0.4, 0.5) is 0 Å². The Morgan fingerprint density at radius 3 is 2.80 bits per heavy atom. The average Bonchev–Trinajstić information content (AvgIpc) is 2.87. The summed E-state index contributed by atoms with van der Waals surface area (Å²) >= 11 is 0. The highest BCUT2D eigenvalue weighted by atomic mass is 16.3. The lowest BCUT2D eigenvalue weighted by molar-refractivity contribution is 0.143. The lowest BCUT2D eigenvalue weighted by Gasteiger charge is -2.20. The standard InChI is InChI=1S/C19H22O/c1-13-7-8-14(2)16(11-13)12-19(20)18-10-9-15-5-3-4-6-17(15)18/h3-8,11,18-20H,9-10,12H2,1-2H3. The number of hydrogen-bond acceptors (Lipinski definition) is 1. The van der Waals surface area contributed by atoms with Gasteiger partial charge in [0.15, 0.2) is 0 Å². The van der Waals surface area contributed by atoms with E-state index in [-0.39, 0.29) is 6.10 Å². The number of hydrogen-bond donors (Lipinski definition) is 1. The van der Waals surface area contributed by atoms with Crippen LogP contribution in [-0.4, -0.2) is 11.2 Å². The molecule has 0 saturated carbocycles. The first-order valence-corrected chi connectivity index (χ1v) is 7.47. The van der Waals surface area contributed by atoms with Crippen LogP contribution in [0.15, 0.2) is 42.5 Å². The van der Waals surface area contributed by atoms with Gasteiger partial charge < -0.3 is 5.11 Å². The third-order valence-corrected chi connectivity index (χ3v) is 4.58. The Morgan fingerprint density at radius 1 is 1.15 bits per heavy atom. The van der Waals surface area contributed by atoms with Crippen molar-refractivity contribution in [1.29, 1.82) is 0 Å². The fourth-order valence-corrected chi connectivity index (χ4v) is 3.38. The van der Waals surface area contributed by atoms with Crippen LogP contribution in [0.3, 0.4) is 0 Å². The molecular weight excluding hydrogens is 244 g/mol.